The van der Waals surface area contributed by atoms with E-state index in [-0.39, 0.29) is 22.4 Å². The van der Waals surface area contributed by atoms with Crippen LogP contribution >= 0.6 is 0 Å². The Bertz CT molecular complexity index is 848. The van der Waals surface area contributed by atoms with E-state index in [9.17, 15) is 18.0 Å². The van der Waals surface area contributed by atoms with Gasteiger partial charge in [-0.15, -0.1) is 0 Å². The molecule has 29 heavy (non-hydrogen) atoms. The predicted octanol–water partition coefficient (Wildman–Crippen LogP) is 2.71. The molecule has 3 atom stereocenters. The minimum absolute atomic E-state index is 0.0713. The van der Waals surface area contributed by atoms with Gasteiger partial charge in [-0.2, -0.15) is 4.31 Å². The molecule has 1 amide bonds. The quantitative estimate of drug-likeness (QED) is 0.712. The van der Waals surface area contributed by atoms with E-state index in [1.807, 2.05) is 0 Å². The molecular weight excluding hydrogens is 392 g/mol. The maximum absolute atomic E-state index is 12.7. The first-order chi connectivity index (χ1) is 13.8. The number of nitrogens with one attached hydrogen (secondary N) is 1. The number of nitrogens with zero attached hydrogens (tertiary/aromatic N) is 1. The van der Waals surface area contributed by atoms with Gasteiger partial charge in [-0.25, -0.2) is 13.2 Å². The summed E-state index contributed by atoms with van der Waals surface area (Å²) >= 11 is 0. The van der Waals surface area contributed by atoms with E-state index in [2.05, 4.69) is 12.2 Å². The summed E-state index contributed by atoms with van der Waals surface area (Å²) in [6.45, 7) is 4.64. The second-order valence-corrected chi connectivity index (χ2v) is 10.0. The van der Waals surface area contributed by atoms with Crippen molar-refractivity contribution in [1.29, 1.82) is 0 Å². The Labute approximate surface area is 172 Å². The van der Waals surface area contributed by atoms with Crippen molar-refractivity contribution >= 4 is 21.9 Å². The van der Waals surface area contributed by atoms with Crippen molar-refractivity contribution in [2.45, 2.75) is 69.4 Å². The first-order valence-corrected chi connectivity index (χ1v) is 11.8. The fraction of sp³-hybridized carbons (Fsp3) is 0.619. The highest BCUT2D eigenvalue weighted by Crippen LogP contribution is 2.24. The Kier molecular flexibility index (Phi) is 6.95. The predicted molar refractivity (Wildman–Crippen MR) is 109 cm³/mol. The molecule has 7 nitrogen and oxygen atoms in total. The summed E-state index contributed by atoms with van der Waals surface area (Å²) in [5.74, 6) is -0.621. The van der Waals surface area contributed by atoms with Crippen LogP contribution < -0.4 is 5.32 Å². The average Bonchev–Trinajstić information content (AvgIpc) is 3.25. The summed E-state index contributed by atoms with van der Waals surface area (Å²) < 4.78 is 32.1. The molecule has 2 fully saturated rings. The molecular formula is C21H30N2O5S. The van der Waals surface area contributed by atoms with Gasteiger partial charge >= 0.3 is 5.97 Å². The van der Waals surface area contributed by atoms with Gasteiger partial charge in [0.2, 0.25) is 10.0 Å². The van der Waals surface area contributed by atoms with Crippen molar-refractivity contribution in [3.05, 3.63) is 29.8 Å². The molecule has 160 valence electrons. The number of hydrogen-bond acceptors (Lipinski definition) is 5. The molecule has 0 unspecified atom stereocenters. The molecule has 0 spiro atoms. The number of hydrogen-bond donors (Lipinski definition) is 1. The third kappa shape index (κ3) is 5.17. The zero-order valence-electron chi connectivity index (χ0n) is 17.1. The van der Waals surface area contributed by atoms with Gasteiger partial charge in [-0.3, -0.25) is 4.79 Å². The molecule has 1 aliphatic heterocycles. The van der Waals surface area contributed by atoms with Gasteiger partial charge in [0, 0.05) is 19.1 Å². The van der Waals surface area contributed by atoms with Crippen LogP contribution in [-0.2, 0) is 19.6 Å². The molecule has 1 aliphatic carbocycles. The first-order valence-electron chi connectivity index (χ1n) is 10.4. The molecule has 1 aromatic carbocycles. The lowest BCUT2D eigenvalue weighted by molar-refractivity contribution is -0.130. The highest BCUT2D eigenvalue weighted by Gasteiger charge is 2.29. The number of rotatable bonds is 6. The summed E-state index contributed by atoms with van der Waals surface area (Å²) in [7, 11) is -3.62. The topological polar surface area (TPSA) is 92.8 Å². The van der Waals surface area contributed by atoms with Crippen molar-refractivity contribution in [3.63, 3.8) is 0 Å². The van der Waals surface area contributed by atoms with E-state index in [0.717, 1.165) is 32.1 Å². The smallest absolute Gasteiger partial charge is 0.338 e. The Morgan fingerprint density at radius 3 is 2.52 bits per heavy atom. The molecule has 0 bridgehead atoms. The lowest BCUT2D eigenvalue weighted by Crippen LogP contribution is -2.46. The minimum atomic E-state index is -3.62. The van der Waals surface area contributed by atoms with Crippen molar-refractivity contribution in [2.24, 2.45) is 5.92 Å². The second kappa shape index (κ2) is 9.26. The zero-order valence-corrected chi connectivity index (χ0v) is 17.9. The third-order valence-electron chi connectivity index (χ3n) is 5.86. The Morgan fingerprint density at radius 2 is 1.83 bits per heavy atom. The number of esters is 1. The van der Waals surface area contributed by atoms with Crippen LogP contribution in [0, 0.1) is 5.92 Å². The highest BCUT2D eigenvalue weighted by molar-refractivity contribution is 7.89. The lowest BCUT2D eigenvalue weighted by Gasteiger charge is -2.30. The van der Waals surface area contributed by atoms with Gasteiger partial charge in [-0.05, 0) is 56.7 Å². The molecule has 2 aliphatic rings. The van der Waals surface area contributed by atoms with Gasteiger partial charge in [0.05, 0.1) is 10.5 Å². The zero-order chi connectivity index (χ0) is 21.0. The summed E-state index contributed by atoms with van der Waals surface area (Å²) in [4.78, 5) is 25.0. The van der Waals surface area contributed by atoms with Crippen LogP contribution in [0.15, 0.2) is 29.2 Å². The highest BCUT2D eigenvalue weighted by atomic mass is 32.2. The number of carbonyl (C=O) groups excluding carboxylic acids is 2. The normalized spacial score (nSPS) is 24.1. The molecule has 1 saturated carbocycles. The number of benzene rings is 1. The number of ether oxygens (including phenoxy) is 1. The fourth-order valence-corrected chi connectivity index (χ4v) is 5.54. The van der Waals surface area contributed by atoms with E-state index < -0.39 is 22.1 Å². The van der Waals surface area contributed by atoms with Crippen molar-refractivity contribution in [2.75, 3.05) is 13.1 Å². The maximum Gasteiger partial charge on any atom is 0.338 e. The number of amides is 1. The molecule has 3 rings (SSSR count). The molecule has 0 radical (unpaired) electrons. The SMILES string of the molecule is C[C@@H]1CCCC[C@@H]1NC(=O)[C@@H](C)OC(=O)c1cccc(S(=O)(=O)N2CCCC2)c1. The van der Waals surface area contributed by atoms with Gasteiger partial charge in [0.1, 0.15) is 0 Å². The molecule has 1 heterocycles. The van der Waals surface area contributed by atoms with Crippen LogP contribution in [0.3, 0.4) is 0 Å². The third-order valence-corrected chi connectivity index (χ3v) is 7.76. The molecule has 1 aromatic rings. The standard InChI is InChI=1S/C21H30N2O5S/c1-15-8-3-4-11-19(15)22-20(24)16(2)28-21(25)17-9-7-10-18(14-17)29(26,27)23-12-5-6-13-23/h7,9-10,14-16,19H,3-6,8,11-13H2,1-2H3,(H,22,24)/t15-,16-,19+/m1/s1. The molecule has 0 aromatic heterocycles. The van der Waals surface area contributed by atoms with E-state index >= 15 is 0 Å². The monoisotopic (exact) mass is 422 g/mol. The minimum Gasteiger partial charge on any atom is -0.449 e. The maximum atomic E-state index is 12.7. The number of carbonyl (C=O) groups is 2. The van der Waals surface area contributed by atoms with Gasteiger partial charge in [-0.1, -0.05) is 25.8 Å². The van der Waals surface area contributed by atoms with Gasteiger partial charge < -0.3 is 10.1 Å². The van der Waals surface area contributed by atoms with Crippen LogP contribution in [0.25, 0.3) is 0 Å². The fourth-order valence-electron chi connectivity index (χ4n) is 3.97. The molecule has 1 N–H and O–H groups in total. The Hall–Kier alpha value is -1.93. The molecule has 1 saturated heterocycles. The summed E-state index contributed by atoms with van der Waals surface area (Å²) in [5.41, 5.74) is 0.121. The second-order valence-electron chi connectivity index (χ2n) is 8.06. The first kappa shape index (κ1) is 21.8. The molecule has 8 heteroatoms. The van der Waals surface area contributed by atoms with Gasteiger partial charge in [0.25, 0.3) is 5.91 Å². The largest absolute Gasteiger partial charge is 0.449 e. The average molecular weight is 423 g/mol. The van der Waals surface area contributed by atoms with E-state index in [4.69, 9.17) is 4.74 Å². The van der Waals surface area contributed by atoms with Crippen molar-refractivity contribution in [3.8, 4) is 0 Å². The van der Waals surface area contributed by atoms with Crippen LogP contribution in [0.2, 0.25) is 0 Å². The Balaban J connectivity index is 1.63. The lowest BCUT2D eigenvalue weighted by atomic mass is 9.86. The van der Waals surface area contributed by atoms with Crippen molar-refractivity contribution < 1.29 is 22.7 Å². The van der Waals surface area contributed by atoms with Crippen molar-refractivity contribution in [1.82, 2.24) is 9.62 Å². The summed E-state index contributed by atoms with van der Waals surface area (Å²) in [6, 6.07) is 5.92. The summed E-state index contributed by atoms with van der Waals surface area (Å²) in [5, 5.41) is 2.98. The Morgan fingerprint density at radius 1 is 1.14 bits per heavy atom. The van der Waals surface area contributed by atoms with Gasteiger partial charge in [0.15, 0.2) is 6.10 Å². The van der Waals surface area contributed by atoms with E-state index in [1.54, 1.807) is 0 Å². The van der Waals surface area contributed by atoms with Crippen LogP contribution in [0.5, 0.6) is 0 Å². The van der Waals surface area contributed by atoms with Crippen LogP contribution in [0.4, 0.5) is 0 Å². The van der Waals surface area contributed by atoms with Crippen LogP contribution in [-0.4, -0.2) is 49.8 Å². The van der Waals surface area contributed by atoms with Crippen LogP contribution in [0.1, 0.15) is 62.7 Å². The van der Waals surface area contributed by atoms with E-state index in [0.29, 0.717) is 19.0 Å². The summed E-state index contributed by atoms with van der Waals surface area (Å²) in [6.07, 6.45) is 5.01. The number of sulfonamides is 1. The van der Waals surface area contributed by atoms with E-state index in [1.165, 1.54) is 41.9 Å².